The summed E-state index contributed by atoms with van der Waals surface area (Å²) in [5, 5.41) is 4.32. The van der Waals surface area contributed by atoms with Gasteiger partial charge in [0.05, 0.1) is 6.20 Å². The molecule has 4 rings (SSSR count). The van der Waals surface area contributed by atoms with Gasteiger partial charge in [-0.2, -0.15) is 5.10 Å². The fourth-order valence-corrected chi connectivity index (χ4v) is 3.64. The molecule has 130 valence electrons. The van der Waals surface area contributed by atoms with E-state index < -0.39 is 0 Å². The summed E-state index contributed by atoms with van der Waals surface area (Å²) in [4.78, 5) is 13.7. The number of hydrogen-bond donors (Lipinski definition) is 0. The Kier molecular flexibility index (Phi) is 4.03. The topological polar surface area (TPSA) is 50.1 Å². The third-order valence-corrected chi connectivity index (χ3v) is 4.99. The summed E-state index contributed by atoms with van der Waals surface area (Å²) in [5.41, 5.74) is 4.70. The highest BCUT2D eigenvalue weighted by Gasteiger charge is 2.23. The van der Waals surface area contributed by atoms with Crippen molar-refractivity contribution in [1.29, 1.82) is 0 Å². The zero-order chi connectivity index (χ0) is 17.4. The van der Waals surface area contributed by atoms with Crippen LogP contribution in [0.5, 0.6) is 0 Å². The Labute approximate surface area is 148 Å². The minimum atomic E-state index is 0.533. The maximum Gasteiger partial charge on any atom is 0.158 e. The molecule has 1 saturated heterocycles. The van der Waals surface area contributed by atoms with E-state index in [2.05, 4.69) is 63.0 Å². The average molecular weight is 336 g/mol. The Balaban J connectivity index is 1.57. The van der Waals surface area contributed by atoms with Gasteiger partial charge in [0.2, 0.25) is 0 Å². The number of aromatic nitrogens is 4. The molecule has 6 heteroatoms. The van der Waals surface area contributed by atoms with Gasteiger partial charge >= 0.3 is 0 Å². The predicted molar refractivity (Wildman–Crippen MR) is 101 cm³/mol. The van der Waals surface area contributed by atoms with Crippen LogP contribution in [0.2, 0.25) is 0 Å². The SMILES string of the molecule is CC(C)c1ccccc1N1CCN(c2ncnc3cnn(C)c23)CC1. The number of aryl methyl sites for hydroxylation is 1. The van der Waals surface area contributed by atoms with Crippen molar-refractivity contribution >= 4 is 22.5 Å². The molecule has 0 N–H and O–H groups in total. The maximum atomic E-state index is 4.54. The molecule has 2 aromatic heterocycles. The zero-order valence-electron chi connectivity index (χ0n) is 15.1. The van der Waals surface area contributed by atoms with Crippen LogP contribution in [-0.2, 0) is 7.05 Å². The van der Waals surface area contributed by atoms with Crippen LogP contribution in [-0.4, -0.2) is 45.9 Å². The Bertz CT molecular complexity index is 877. The van der Waals surface area contributed by atoms with Gasteiger partial charge < -0.3 is 9.80 Å². The van der Waals surface area contributed by atoms with E-state index in [9.17, 15) is 0 Å². The molecule has 0 amide bonds. The van der Waals surface area contributed by atoms with Crippen molar-refractivity contribution < 1.29 is 0 Å². The molecule has 0 saturated carbocycles. The summed E-state index contributed by atoms with van der Waals surface area (Å²) in [6.07, 6.45) is 3.44. The Morgan fingerprint density at radius 2 is 1.68 bits per heavy atom. The number of nitrogens with zero attached hydrogens (tertiary/aromatic N) is 6. The van der Waals surface area contributed by atoms with Crippen LogP contribution in [0.25, 0.3) is 11.0 Å². The molecule has 1 fully saturated rings. The summed E-state index contributed by atoms with van der Waals surface area (Å²) in [7, 11) is 1.95. The summed E-state index contributed by atoms with van der Waals surface area (Å²) in [6, 6.07) is 8.76. The van der Waals surface area contributed by atoms with Crippen LogP contribution in [0.15, 0.2) is 36.8 Å². The second kappa shape index (κ2) is 6.35. The van der Waals surface area contributed by atoms with Crippen LogP contribution < -0.4 is 9.80 Å². The largest absolute Gasteiger partial charge is 0.368 e. The lowest BCUT2D eigenvalue weighted by molar-refractivity contribution is 0.642. The first-order chi connectivity index (χ1) is 12.1. The van der Waals surface area contributed by atoms with Crippen LogP contribution in [0.3, 0.4) is 0 Å². The number of rotatable bonds is 3. The van der Waals surface area contributed by atoms with Crippen molar-refractivity contribution in [2.24, 2.45) is 7.05 Å². The van der Waals surface area contributed by atoms with Crippen molar-refractivity contribution in [3.63, 3.8) is 0 Å². The van der Waals surface area contributed by atoms with E-state index >= 15 is 0 Å². The number of fused-ring (bicyclic) bond motifs is 1. The van der Waals surface area contributed by atoms with Crippen molar-refractivity contribution in [1.82, 2.24) is 19.7 Å². The predicted octanol–water partition coefficient (Wildman–Crippen LogP) is 2.81. The molecule has 1 aliphatic rings. The monoisotopic (exact) mass is 336 g/mol. The van der Waals surface area contributed by atoms with Gasteiger partial charge in [-0.1, -0.05) is 32.0 Å². The number of hydrogen-bond acceptors (Lipinski definition) is 5. The van der Waals surface area contributed by atoms with E-state index in [0.717, 1.165) is 43.0 Å². The molecule has 3 heterocycles. The second-order valence-corrected chi connectivity index (χ2v) is 6.89. The van der Waals surface area contributed by atoms with E-state index in [4.69, 9.17) is 0 Å². The number of piperazine rings is 1. The van der Waals surface area contributed by atoms with Gasteiger partial charge in [0.1, 0.15) is 17.4 Å². The van der Waals surface area contributed by atoms with Crippen LogP contribution in [0.1, 0.15) is 25.3 Å². The fourth-order valence-electron chi connectivity index (χ4n) is 3.64. The molecule has 6 nitrogen and oxygen atoms in total. The summed E-state index contributed by atoms with van der Waals surface area (Å²) in [6.45, 7) is 8.40. The fraction of sp³-hybridized carbons (Fsp3) is 0.421. The average Bonchev–Trinajstić information content (AvgIpc) is 3.03. The lowest BCUT2D eigenvalue weighted by Gasteiger charge is -2.38. The lowest BCUT2D eigenvalue weighted by Crippen LogP contribution is -2.47. The highest BCUT2D eigenvalue weighted by atomic mass is 15.3. The molecule has 0 unspecified atom stereocenters. The van der Waals surface area contributed by atoms with Gasteiger partial charge in [-0.05, 0) is 17.5 Å². The molecule has 0 aliphatic carbocycles. The highest BCUT2D eigenvalue weighted by molar-refractivity contribution is 5.85. The minimum absolute atomic E-state index is 0.533. The number of benzene rings is 1. The molecule has 0 bridgehead atoms. The van der Waals surface area contributed by atoms with E-state index in [1.807, 2.05) is 11.7 Å². The number of para-hydroxylation sites is 1. The van der Waals surface area contributed by atoms with E-state index in [0.29, 0.717) is 5.92 Å². The van der Waals surface area contributed by atoms with E-state index in [1.54, 1.807) is 12.5 Å². The molecule has 0 spiro atoms. The summed E-state index contributed by atoms with van der Waals surface area (Å²) in [5.74, 6) is 1.52. The maximum absolute atomic E-state index is 4.54. The summed E-state index contributed by atoms with van der Waals surface area (Å²) < 4.78 is 1.87. The van der Waals surface area contributed by atoms with Crippen LogP contribution in [0.4, 0.5) is 11.5 Å². The van der Waals surface area contributed by atoms with Gasteiger partial charge in [0.15, 0.2) is 5.82 Å². The Morgan fingerprint density at radius 1 is 0.960 bits per heavy atom. The Hall–Kier alpha value is -2.63. The molecule has 3 aromatic rings. The third kappa shape index (κ3) is 2.81. The van der Waals surface area contributed by atoms with Crippen molar-refractivity contribution in [2.75, 3.05) is 36.0 Å². The first-order valence-electron chi connectivity index (χ1n) is 8.86. The van der Waals surface area contributed by atoms with Crippen molar-refractivity contribution in [3.8, 4) is 0 Å². The van der Waals surface area contributed by atoms with E-state index in [1.165, 1.54) is 11.3 Å². The molecule has 1 aliphatic heterocycles. The zero-order valence-corrected chi connectivity index (χ0v) is 15.1. The van der Waals surface area contributed by atoms with E-state index in [-0.39, 0.29) is 0 Å². The van der Waals surface area contributed by atoms with Gasteiger partial charge in [0.25, 0.3) is 0 Å². The molecule has 0 radical (unpaired) electrons. The molecule has 0 atom stereocenters. The first-order valence-corrected chi connectivity index (χ1v) is 8.86. The van der Waals surface area contributed by atoms with Crippen LogP contribution >= 0.6 is 0 Å². The Morgan fingerprint density at radius 3 is 2.44 bits per heavy atom. The normalized spacial score (nSPS) is 15.4. The highest BCUT2D eigenvalue weighted by Crippen LogP contribution is 2.29. The minimum Gasteiger partial charge on any atom is -0.368 e. The smallest absolute Gasteiger partial charge is 0.158 e. The van der Waals surface area contributed by atoms with Gasteiger partial charge in [0, 0.05) is 38.9 Å². The first kappa shape index (κ1) is 15.9. The molecule has 1 aromatic carbocycles. The van der Waals surface area contributed by atoms with Gasteiger partial charge in [-0.15, -0.1) is 0 Å². The van der Waals surface area contributed by atoms with Gasteiger partial charge in [-0.3, -0.25) is 4.68 Å². The quantitative estimate of drug-likeness (QED) is 0.736. The third-order valence-electron chi connectivity index (χ3n) is 4.99. The molecule has 25 heavy (non-hydrogen) atoms. The lowest BCUT2D eigenvalue weighted by atomic mass is 10.00. The standard InChI is InChI=1S/C19H24N6/c1-14(2)15-6-4-5-7-17(15)24-8-10-25(11-9-24)19-18-16(20-13-21-19)12-22-23(18)3/h4-7,12-14H,8-11H2,1-3H3. The number of anilines is 2. The summed E-state index contributed by atoms with van der Waals surface area (Å²) >= 11 is 0. The van der Waals surface area contributed by atoms with Crippen LogP contribution in [0, 0.1) is 0 Å². The molecular formula is C19H24N6. The van der Waals surface area contributed by atoms with Gasteiger partial charge in [-0.25, -0.2) is 9.97 Å². The molecular weight excluding hydrogens is 312 g/mol. The van der Waals surface area contributed by atoms with Crippen molar-refractivity contribution in [2.45, 2.75) is 19.8 Å². The van der Waals surface area contributed by atoms with Crippen molar-refractivity contribution in [3.05, 3.63) is 42.4 Å². The second-order valence-electron chi connectivity index (χ2n) is 6.89.